The molecule has 188 valence electrons. The Morgan fingerprint density at radius 2 is 1.26 bits per heavy atom. The molecule has 4 nitrogen and oxygen atoms in total. The van der Waals surface area contributed by atoms with E-state index in [1.807, 2.05) is 115 Å². The second kappa shape index (κ2) is 10.9. The molecule has 1 amide bonds. The average molecular weight is 525 g/mol. The van der Waals surface area contributed by atoms with E-state index in [0.29, 0.717) is 21.0 Å². The summed E-state index contributed by atoms with van der Waals surface area (Å²) in [5.41, 5.74) is 5.66. The Morgan fingerprint density at radius 3 is 1.90 bits per heavy atom. The maximum atomic E-state index is 13.8. The monoisotopic (exact) mass is 524 g/mol. The second-order valence-electron chi connectivity index (χ2n) is 9.18. The number of rotatable bonds is 7. The number of thiophene rings is 1. The van der Waals surface area contributed by atoms with Crippen molar-refractivity contribution in [2.75, 3.05) is 5.32 Å². The Morgan fingerprint density at radius 1 is 0.692 bits per heavy atom. The number of ketones is 1. The molecule has 2 aromatic heterocycles. The molecular weight excluding hydrogens is 500 g/mol. The van der Waals surface area contributed by atoms with Gasteiger partial charge in [0.15, 0.2) is 0 Å². The largest absolute Gasteiger partial charge is 0.324 e. The van der Waals surface area contributed by atoms with Crippen molar-refractivity contribution in [3.8, 4) is 22.4 Å². The number of amides is 1. The molecule has 1 N–H and O–H groups in total. The van der Waals surface area contributed by atoms with Crippen molar-refractivity contribution in [1.82, 2.24) is 4.98 Å². The lowest BCUT2D eigenvalue weighted by Gasteiger charge is -2.12. The fourth-order valence-electron chi connectivity index (χ4n) is 4.67. The summed E-state index contributed by atoms with van der Waals surface area (Å²) in [5, 5.41) is 3.88. The molecule has 0 saturated heterocycles. The normalized spacial score (nSPS) is 10.9. The lowest BCUT2D eigenvalue weighted by molar-refractivity contribution is -0.115. The number of aromatic nitrogens is 1. The van der Waals surface area contributed by atoms with E-state index < -0.39 is 0 Å². The van der Waals surface area contributed by atoms with Crippen LogP contribution in [0.1, 0.15) is 20.8 Å². The molecule has 0 aliphatic carbocycles. The van der Waals surface area contributed by atoms with Crippen LogP contribution in [-0.4, -0.2) is 16.7 Å². The minimum Gasteiger partial charge on any atom is -0.324 e. The van der Waals surface area contributed by atoms with Crippen LogP contribution >= 0.6 is 11.3 Å². The van der Waals surface area contributed by atoms with Gasteiger partial charge in [-0.25, -0.2) is 4.98 Å². The molecule has 0 saturated carbocycles. The molecule has 5 heteroatoms. The highest BCUT2D eigenvalue weighted by molar-refractivity contribution is 7.21. The van der Waals surface area contributed by atoms with E-state index in [4.69, 9.17) is 4.98 Å². The third kappa shape index (κ3) is 5.13. The van der Waals surface area contributed by atoms with Gasteiger partial charge in [0.05, 0.1) is 17.8 Å². The summed E-state index contributed by atoms with van der Waals surface area (Å²) in [4.78, 5) is 33.3. The number of fused-ring (bicyclic) bond motifs is 1. The summed E-state index contributed by atoms with van der Waals surface area (Å²) < 4.78 is 0. The Bertz CT molecular complexity index is 1760. The van der Waals surface area contributed by atoms with Gasteiger partial charge in [-0.3, -0.25) is 9.59 Å². The second-order valence-corrected chi connectivity index (χ2v) is 10.2. The molecule has 39 heavy (non-hydrogen) atoms. The van der Waals surface area contributed by atoms with E-state index >= 15 is 0 Å². The van der Waals surface area contributed by atoms with Gasteiger partial charge in [0.25, 0.3) is 0 Å². The molecule has 2 heterocycles. The van der Waals surface area contributed by atoms with Crippen LogP contribution in [0.2, 0.25) is 0 Å². The number of hydrogen-bond donors (Lipinski definition) is 1. The zero-order valence-electron chi connectivity index (χ0n) is 21.0. The first-order valence-electron chi connectivity index (χ1n) is 12.7. The Balaban J connectivity index is 1.57. The predicted molar refractivity (Wildman–Crippen MR) is 159 cm³/mol. The van der Waals surface area contributed by atoms with Gasteiger partial charge in [-0.15, -0.1) is 11.3 Å². The van der Waals surface area contributed by atoms with Gasteiger partial charge < -0.3 is 5.32 Å². The van der Waals surface area contributed by atoms with E-state index in [9.17, 15) is 9.59 Å². The third-order valence-corrected chi connectivity index (χ3v) is 7.61. The molecule has 0 bridgehead atoms. The predicted octanol–water partition coefficient (Wildman–Crippen LogP) is 8.04. The summed E-state index contributed by atoms with van der Waals surface area (Å²) in [6.07, 6.45) is 0.202. The molecule has 6 rings (SSSR count). The maximum absolute atomic E-state index is 13.8. The average Bonchev–Trinajstić information content (AvgIpc) is 3.36. The van der Waals surface area contributed by atoms with Crippen molar-refractivity contribution >= 4 is 38.9 Å². The number of pyridine rings is 1. The summed E-state index contributed by atoms with van der Waals surface area (Å²) in [5.74, 6) is -0.331. The highest BCUT2D eigenvalue weighted by atomic mass is 32.1. The smallest absolute Gasteiger partial charge is 0.228 e. The van der Waals surface area contributed by atoms with E-state index in [0.717, 1.165) is 33.3 Å². The molecule has 0 atom stereocenters. The van der Waals surface area contributed by atoms with E-state index in [1.54, 1.807) is 12.1 Å². The number of benzene rings is 4. The molecule has 0 spiro atoms. The van der Waals surface area contributed by atoms with E-state index in [-0.39, 0.29) is 18.1 Å². The Hall–Kier alpha value is -4.87. The molecular formula is C34H24N2O2S. The topological polar surface area (TPSA) is 59.1 Å². The van der Waals surface area contributed by atoms with Crippen LogP contribution in [-0.2, 0) is 11.2 Å². The molecule has 0 aliphatic rings. The zero-order chi connectivity index (χ0) is 26.6. The van der Waals surface area contributed by atoms with Crippen LogP contribution < -0.4 is 5.32 Å². The number of hydrogen-bond acceptors (Lipinski definition) is 4. The van der Waals surface area contributed by atoms with Crippen LogP contribution in [0.3, 0.4) is 0 Å². The van der Waals surface area contributed by atoms with Gasteiger partial charge in [0, 0.05) is 16.5 Å². The van der Waals surface area contributed by atoms with Crippen molar-refractivity contribution in [2.24, 2.45) is 0 Å². The summed E-state index contributed by atoms with van der Waals surface area (Å²) in [6.45, 7) is 0. The molecule has 0 fully saturated rings. The number of nitrogens with zero attached hydrogens (tertiary/aromatic N) is 1. The first-order chi connectivity index (χ1) is 19.2. The van der Waals surface area contributed by atoms with Crippen molar-refractivity contribution in [2.45, 2.75) is 6.42 Å². The molecule has 0 aliphatic heterocycles. The SMILES string of the molecule is O=C(Cc1ccccc1)Nc1c(C(=O)c2ccccc2)sc2nc(-c3ccccc3)cc(-c3ccccc3)c12. The van der Waals surface area contributed by atoms with E-state index in [1.165, 1.54) is 11.3 Å². The van der Waals surface area contributed by atoms with Gasteiger partial charge in [0.1, 0.15) is 9.71 Å². The quantitative estimate of drug-likeness (QED) is 0.215. The van der Waals surface area contributed by atoms with Crippen molar-refractivity contribution < 1.29 is 9.59 Å². The highest BCUT2D eigenvalue weighted by Crippen LogP contribution is 2.43. The standard InChI is InChI=1S/C34H24N2O2S/c37-29(21-23-13-5-1-6-14-23)36-31-30-27(24-15-7-2-8-16-24)22-28(25-17-9-3-10-18-25)35-34(30)39-33(31)32(38)26-19-11-4-12-20-26/h1-20,22H,21H2,(H,36,37). The molecule has 0 unspecified atom stereocenters. The first kappa shape index (κ1) is 24.5. The number of carbonyl (C=O) groups is 2. The van der Waals surface area contributed by atoms with Gasteiger partial charge >= 0.3 is 0 Å². The summed E-state index contributed by atoms with van der Waals surface area (Å²) >= 11 is 1.32. The Kier molecular flexibility index (Phi) is 6.81. The summed E-state index contributed by atoms with van der Waals surface area (Å²) in [6, 6.07) is 40.8. The summed E-state index contributed by atoms with van der Waals surface area (Å²) in [7, 11) is 0. The fraction of sp³-hybridized carbons (Fsp3) is 0.0294. The Labute approximate surface area is 230 Å². The van der Waals surface area contributed by atoms with Gasteiger partial charge in [-0.05, 0) is 22.8 Å². The lowest BCUT2D eigenvalue weighted by atomic mass is 9.98. The van der Waals surface area contributed by atoms with Crippen LogP contribution in [0.15, 0.2) is 127 Å². The molecule has 4 aromatic carbocycles. The van der Waals surface area contributed by atoms with Crippen LogP contribution in [0.25, 0.3) is 32.6 Å². The van der Waals surface area contributed by atoms with Gasteiger partial charge in [-0.1, -0.05) is 121 Å². The van der Waals surface area contributed by atoms with Crippen molar-refractivity contribution in [3.63, 3.8) is 0 Å². The number of nitrogens with one attached hydrogen (secondary N) is 1. The lowest BCUT2D eigenvalue weighted by Crippen LogP contribution is -2.16. The molecule has 0 radical (unpaired) electrons. The van der Waals surface area contributed by atoms with Crippen molar-refractivity contribution in [1.29, 1.82) is 0 Å². The maximum Gasteiger partial charge on any atom is 0.228 e. The van der Waals surface area contributed by atoms with Gasteiger partial charge in [-0.2, -0.15) is 0 Å². The third-order valence-electron chi connectivity index (χ3n) is 6.53. The van der Waals surface area contributed by atoms with Crippen LogP contribution in [0.4, 0.5) is 5.69 Å². The molecule has 6 aromatic rings. The van der Waals surface area contributed by atoms with Gasteiger partial charge in [0.2, 0.25) is 11.7 Å². The highest BCUT2D eigenvalue weighted by Gasteiger charge is 2.25. The number of carbonyl (C=O) groups excluding carboxylic acids is 2. The minimum atomic E-state index is -0.186. The van der Waals surface area contributed by atoms with E-state index in [2.05, 4.69) is 5.32 Å². The minimum absolute atomic E-state index is 0.145. The first-order valence-corrected chi connectivity index (χ1v) is 13.5. The zero-order valence-corrected chi connectivity index (χ0v) is 21.8. The number of anilines is 1. The van der Waals surface area contributed by atoms with Crippen LogP contribution in [0.5, 0.6) is 0 Å². The van der Waals surface area contributed by atoms with Crippen molar-refractivity contribution in [3.05, 3.63) is 143 Å². The fourth-order valence-corrected chi connectivity index (χ4v) is 5.78. The van der Waals surface area contributed by atoms with Crippen LogP contribution in [0, 0.1) is 0 Å².